The van der Waals surface area contributed by atoms with E-state index in [1.807, 2.05) is 0 Å². The monoisotopic (exact) mass is 231 g/mol. The highest BCUT2D eigenvalue weighted by Crippen LogP contribution is 2.36. The van der Waals surface area contributed by atoms with E-state index in [2.05, 4.69) is 26.8 Å². The molecule has 1 aromatic heterocycles. The molecular formula is C11H18ClNS. The minimum absolute atomic E-state index is 0.566. The maximum absolute atomic E-state index is 6.06. The molecule has 0 amide bonds. The van der Waals surface area contributed by atoms with Crippen molar-refractivity contribution in [3.05, 3.63) is 20.8 Å². The van der Waals surface area contributed by atoms with Gasteiger partial charge in [-0.2, -0.15) is 0 Å². The number of thiophene rings is 1. The Kier molecular flexibility index (Phi) is 4.42. The molecule has 0 aliphatic heterocycles. The number of rotatable bonds is 4. The van der Waals surface area contributed by atoms with Gasteiger partial charge in [-0.05, 0) is 37.8 Å². The van der Waals surface area contributed by atoms with E-state index in [4.69, 9.17) is 17.3 Å². The van der Waals surface area contributed by atoms with Gasteiger partial charge in [0.15, 0.2) is 0 Å². The predicted octanol–water partition coefficient (Wildman–Crippen LogP) is 3.80. The first kappa shape index (κ1) is 12.0. The zero-order valence-corrected chi connectivity index (χ0v) is 10.6. The van der Waals surface area contributed by atoms with Crippen LogP contribution in [0.4, 0.5) is 0 Å². The predicted molar refractivity (Wildman–Crippen MR) is 65.3 cm³/mol. The van der Waals surface area contributed by atoms with Gasteiger partial charge in [-0.3, -0.25) is 0 Å². The van der Waals surface area contributed by atoms with E-state index in [0.717, 1.165) is 18.0 Å². The van der Waals surface area contributed by atoms with Gasteiger partial charge >= 0.3 is 0 Å². The first-order chi connectivity index (χ1) is 6.56. The molecule has 0 bridgehead atoms. The summed E-state index contributed by atoms with van der Waals surface area (Å²) in [7, 11) is 0. The van der Waals surface area contributed by atoms with Crippen LogP contribution in [0.25, 0.3) is 0 Å². The van der Waals surface area contributed by atoms with Crippen LogP contribution in [0.5, 0.6) is 0 Å². The fourth-order valence-electron chi connectivity index (χ4n) is 1.65. The summed E-state index contributed by atoms with van der Waals surface area (Å²) in [6, 6.07) is 2.10. The Morgan fingerprint density at radius 1 is 1.50 bits per heavy atom. The average Bonchev–Trinajstić information content (AvgIpc) is 2.42. The first-order valence-corrected chi connectivity index (χ1v) is 6.21. The fraction of sp³-hybridized carbons (Fsp3) is 0.636. The molecule has 2 N–H and O–H groups in total. The second-order valence-electron chi connectivity index (χ2n) is 3.98. The molecule has 0 saturated carbocycles. The molecule has 0 aromatic carbocycles. The molecule has 1 rings (SSSR count). The summed E-state index contributed by atoms with van der Waals surface area (Å²) in [4.78, 5) is 2.59. The van der Waals surface area contributed by atoms with Crippen LogP contribution in [0.2, 0.25) is 5.02 Å². The van der Waals surface area contributed by atoms with Crippen LogP contribution >= 0.6 is 22.9 Å². The van der Waals surface area contributed by atoms with Crippen molar-refractivity contribution in [2.75, 3.05) is 6.54 Å². The number of halogens is 1. The Morgan fingerprint density at radius 2 is 2.14 bits per heavy atom. The van der Waals surface area contributed by atoms with E-state index in [9.17, 15) is 0 Å². The highest BCUT2D eigenvalue weighted by molar-refractivity contribution is 7.12. The van der Waals surface area contributed by atoms with E-state index in [1.54, 1.807) is 11.3 Å². The number of hydrogen-bond donors (Lipinski definition) is 1. The lowest BCUT2D eigenvalue weighted by atomic mass is 9.91. The molecule has 80 valence electrons. The zero-order valence-electron chi connectivity index (χ0n) is 9.01. The van der Waals surface area contributed by atoms with Crippen molar-refractivity contribution < 1.29 is 0 Å². The van der Waals surface area contributed by atoms with Crippen molar-refractivity contribution in [3.8, 4) is 0 Å². The summed E-state index contributed by atoms with van der Waals surface area (Å²) in [5.41, 5.74) is 5.62. The first-order valence-electron chi connectivity index (χ1n) is 5.02. The lowest BCUT2D eigenvalue weighted by Gasteiger charge is -2.18. The van der Waals surface area contributed by atoms with Gasteiger partial charge in [-0.1, -0.05) is 25.4 Å². The Bertz CT molecular complexity index is 274. The van der Waals surface area contributed by atoms with Gasteiger partial charge in [0.25, 0.3) is 0 Å². The van der Waals surface area contributed by atoms with Crippen LogP contribution < -0.4 is 5.73 Å². The molecule has 0 radical (unpaired) electrons. The van der Waals surface area contributed by atoms with Gasteiger partial charge in [0.1, 0.15) is 0 Å². The Balaban J connectivity index is 2.87. The van der Waals surface area contributed by atoms with Gasteiger partial charge in [0, 0.05) is 9.75 Å². The van der Waals surface area contributed by atoms with E-state index in [0.29, 0.717) is 11.8 Å². The van der Waals surface area contributed by atoms with Crippen LogP contribution in [-0.2, 0) is 0 Å². The quantitative estimate of drug-likeness (QED) is 0.838. The van der Waals surface area contributed by atoms with Crippen LogP contribution in [0.3, 0.4) is 0 Å². The Hall–Kier alpha value is -0.0500. The van der Waals surface area contributed by atoms with Gasteiger partial charge in [0.2, 0.25) is 0 Å². The van der Waals surface area contributed by atoms with Gasteiger partial charge in [-0.25, -0.2) is 0 Å². The molecule has 1 heterocycles. The van der Waals surface area contributed by atoms with Crippen molar-refractivity contribution in [1.82, 2.24) is 0 Å². The molecule has 3 heteroatoms. The summed E-state index contributed by atoms with van der Waals surface area (Å²) < 4.78 is 0. The lowest BCUT2D eigenvalue weighted by Crippen LogP contribution is -2.11. The smallest absolute Gasteiger partial charge is 0.0545 e. The van der Waals surface area contributed by atoms with Crippen molar-refractivity contribution in [2.45, 2.75) is 33.1 Å². The molecular weight excluding hydrogens is 214 g/mol. The maximum atomic E-state index is 6.06. The SMILES string of the molecule is Cc1sc(C(CCN)C(C)C)cc1Cl. The van der Waals surface area contributed by atoms with E-state index < -0.39 is 0 Å². The molecule has 1 unspecified atom stereocenters. The van der Waals surface area contributed by atoms with Crippen LogP contribution in [0.15, 0.2) is 6.07 Å². The molecule has 14 heavy (non-hydrogen) atoms. The second kappa shape index (κ2) is 5.15. The summed E-state index contributed by atoms with van der Waals surface area (Å²) in [6.07, 6.45) is 1.05. The summed E-state index contributed by atoms with van der Waals surface area (Å²) in [5.74, 6) is 1.20. The molecule has 0 saturated heterocycles. The van der Waals surface area contributed by atoms with Crippen LogP contribution in [-0.4, -0.2) is 6.54 Å². The third-order valence-corrected chi connectivity index (χ3v) is 4.21. The Labute approximate surface area is 95.3 Å². The summed E-state index contributed by atoms with van der Waals surface area (Å²) in [6.45, 7) is 7.29. The van der Waals surface area contributed by atoms with Crippen molar-refractivity contribution in [3.63, 3.8) is 0 Å². The molecule has 0 fully saturated rings. The molecule has 0 aliphatic rings. The molecule has 0 aliphatic carbocycles. The standard InChI is InChI=1S/C11H18ClNS/c1-7(2)9(4-5-13)11-6-10(12)8(3)14-11/h6-7,9H,4-5,13H2,1-3H3. The van der Waals surface area contributed by atoms with Gasteiger partial charge in [-0.15, -0.1) is 11.3 Å². The zero-order chi connectivity index (χ0) is 10.7. The summed E-state index contributed by atoms with van der Waals surface area (Å²) in [5, 5.41) is 0.896. The topological polar surface area (TPSA) is 26.0 Å². The summed E-state index contributed by atoms with van der Waals surface area (Å²) >= 11 is 7.86. The van der Waals surface area contributed by atoms with Crippen LogP contribution in [0, 0.1) is 12.8 Å². The van der Waals surface area contributed by atoms with E-state index in [-0.39, 0.29) is 0 Å². The van der Waals surface area contributed by atoms with Crippen LogP contribution in [0.1, 0.15) is 35.9 Å². The normalized spacial score (nSPS) is 13.6. The lowest BCUT2D eigenvalue weighted by molar-refractivity contribution is 0.480. The largest absolute Gasteiger partial charge is 0.330 e. The molecule has 1 aromatic rings. The average molecular weight is 232 g/mol. The third kappa shape index (κ3) is 2.72. The maximum Gasteiger partial charge on any atom is 0.0545 e. The van der Waals surface area contributed by atoms with E-state index in [1.165, 1.54) is 9.75 Å². The van der Waals surface area contributed by atoms with E-state index >= 15 is 0 Å². The number of nitrogens with two attached hydrogens (primary N) is 1. The fourth-order valence-corrected chi connectivity index (χ4v) is 3.17. The second-order valence-corrected chi connectivity index (χ2v) is 5.68. The van der Waals surface area contributed by atoms with Gasteiger partial charge in [0.05, 0.1) is 5.02 Å². The van der Waals surface area contributed by atoms with Crippen molar-refractivity contribution >= 4 is 22.9 Å². The van der Waals surface area contributed by atoms with Crippen molar-refractivity contribution in [1.29, 1.82) is 0 Å². The van der Waals surface area contributed by atoms with Crippen molar-refractivity contribution in [2.24, 2.45) is 11.7 Å². The van der Waals surface area contributed by atoms with Gasteiger partial charge < -0.3 is 5.73 Å². The molecule has 0 spiro atoms. The molecule has 1 nitrogen and oxygen atoms in total. The number of hydrogen-bond acceptors (Lipinski definition) is 2. The Morgan fingerprint density at radius 3 is 2.50 bits per heavy atom. The highest BCUT2D eigenvalue weighted by atomic mass is 35.5. The number of aryl methyl sites for hydroxylation is 1. The molecule has 1 atom stereocenters. The minimum Gasteiger partial charge on any atom is -0.330 e. The third-order valence-electron chi connectivity index (χ3n) is 2.52. The highest BCUT2D eigenvalue weighted by Gasteiger charge is 2.17. The minimum atomic E-state index is 0.566.